The predicted molar refractivity (Wildman–Crippen MR) is 113 cm³/mol. The summed E-state index contributed by atoms with van der Waals surface area (Å²) in [6.07, 6.45) is 5.19. The van der Waals surface area contributed by atoms with Crippen molar-refractivity contribution in [1.29, 1.82) is 0 Å². The molecule has 1 aliphatic rings. The van der Waals surface area contributed by atoms with Crippen molar-refractivity contribution < 1.29 is 4.79 Å². The summed E-state index contributed by atoms with van der Waals surface area (Å²) in [6.45, 7) is 4.18. The zero-order valence-electron chi connectivity index (χ0n) is 15.7. The van der Waals surface area contributed by atoms with Gasteiger partial charge in [0.1, 0.15) is 11.2 Å². The van der Waals surface area contributed by atoms with E-state index in [0.29, 0.717) is 5.16 Å². The molecule has 0 bridgehead atoms. The van der Waals surface area contributed by atoms with Crippen LogP contribution in [0.2, 0.25) is 0 Å². The Balaban J connectivity index is 1.33. The number of aryl methyl sites for hydroxylation is 4. The van der Waals surface area contributed by atoms with E-state index in [0.717, 1.165) is 34.4 Å². The first-order valence-corrected chi connectivity index (χ1v) is 11.0. The molecule has 1 aliphatic carbocycles. The number of thiophene rings is 1. The zero-order valence-corrected chi connectivity index (χ0v) is 17.3. The van der Waals surface area contributed by atoms with Crippen molar-refractivity contribution in [3.63, 3.8) is 0 Å². The minimum Gasteiger partial charge on any atom is -0.325 e. The molecule has 8 heteroatoms. The van der Waals surface area contributed by atoms with Gasteiger partial charge in [0.05, 0.1) is 11.1 Å². The van der Waals surface area contributed by atoms with Crippen LogP contribution >= 0.6 is 23.1 Å². The van der Waals surface area contributed by atoms with Gasteiger partial charge in [-0.25, -0.2) is 4.98 Å². The van der Waals surface area contributed by atoms with Gasteiger partial charge in [-0.3, -0.25) is 9.20 Å². The summed E-state index contributed by atoms with van der Waals surface area (Å²) >= 11 is 3.04. The van der Waals surface area contributed by atoms with Crippen LogP contribution in [0, 0.1) is 13.8 Å². The van der Waals surface area contributed by atoms with Gasteiger partial charge in [-0.05, 0) is 61.9 Å². The molecule has 1 amide bonds. The summed E-state index contributed by atoms with van der Waals surface area (Å²) in [4.78, 5) is 19.2. The van der Waals surface area contributed by atoms with Crippen LogP contribution in [0.4, 0.5) is 5.69 Å². The van der Waals surface area contributed by atoms with E-state index >= 15 is 0 Å². The van der Waals surface area contributed by atoms with Gasteiger partial charge in [0.15, 0.2) is 10.8 Å². The number of benzene rings is 1. The van der Waals surface area contributed by atoms with Gasteiger partial charge < -0.3 is 5.32 Å². The van der Waals surface area contributed by atoms with Gasteiger partial charge in [0, 0.05) is 10.6 Å². The summed E-state index contributed by atoms with van der Waals surface area (Å²) in [5.41, 5.74) is 5.61. The van der Waals surface area contributed by atoms with E-state index in [1.54, 1.807) is 17.7 Å². The molecule has 5 rings (SSSR count). The van der Waals surface area contributed by atoms with E-state index in [4.69, 9.17) is 0 Å². The summed E-state index contributed by atoms with van der Waals surface area (Å²) in [5, 5.41) is 13.4. The summed E-state index contributed by atoms with van der Waals surface area (Å²) in [6, 6.07) is 6.21. The SMILES string of the molecule is Cc1sc2ncn3c(SCC(=O)Nc4ccc5c(c4)CCC5)nnc3c2c1C. The van der Waals surface area contributed by atoms with Crippen LogP contribution in [-0.2, 0) is 17.6 Å². The number of nitrogens with zero attached hydrogens (tertiary/aromatic N) is 4. The molecule has 0 spiro atoms. The van der Waals surface area contributed by atoms with Crippen LogP contribution in [-0.4, -0.2) is 31.2 Å². The van der Waals surface area contributed by atoms with Crippen molar-refractivity contribution >= 4 is 50.6 Å². The van der Waals surface area contributed by atoms with Crippen LogP contribution in [0.25, 0.3) is 15.9 Å². The highest BCUT2D eigenvalue weighted by molar-refractivity contribution is 7.99. The predicted octanol–water partition coefficient (Wildman–Crippen LogP) is 4.18. The van der Waals surface area contributed by atoms with Gasteiger partial charge in [-0.1, -0.05) is 17.8 Å². The molecule has 0 radical (unpaired) electrons. The van der Waals surface area contributed by atoms with Gasteiger partial charge in [0.25, 0.3) is 0 Å². The molecule has 0 atom stereocenters. The number of fused-ring (bicyclic) bond motifs is 4. The number of hydrogen-bond donors (Lipinski definition) is 1. The van der Waals surface area contributed by atoms with Crippen molar-refractivity contribution in [3.8, 4) is 0 Å². The number of carbonyl (C=O) groups excluding carboxylic acids is 1. The Morgan fingerprint density at radius 2 is 2.11 bits per heavy atom. The second-order valence-corrected chi connectivity index (χ2v) is 9.20. The molecule has 1 N–H and O–H groups in total. The molecule has 1 aromatic carbocycles. The topological polar surface area (TPSA) is 72.2 Å². The lowest BCUT2D eigenvalue weighted by molar-refractivity contribution is -0.113. The molecule has 0 fully saturated rings. The Bertz CT molecular complexity index is 1230. The molecule has 3 aromatic heterocycles. The third kappa shape index (κ3) is 2.97. The van der Waals surface area contributed by atoms with Crippen LogP contribution in [0.3, 0.4) is 0 Å². The fourth-order valence-electron chi connectivity index (χ4n) is 3.70. The van der Waals surface area contributed by atoms with Crippen molar-refractivity contribution in [2.24, 2.45) is 0 Å². The fourth-order valence-corrected chi connectivity index (χ4v) is 5.40. The zero-order chi connectivity index (χ0) is 19.3. The van der Waals surface area contributed by atoms with Gasteiger partial charge >= 0.3 is 0 Å². The number of thioether (sulfide) groups is 1. The van der Waals surface area contributed by atoms with Crippen molar-refractivity contribution in [2.75, 3.05) is 11.1 Å². The second kappa shape index (κ2) is 6.86. The molecule has 28 heavy (non-hydrogen) atoms. The molecular weight excluding hydrogens is 390 g/mol. The van der Waals surface area contributed by atoms with Crippen LogP contribution in [0.1, 0.15) is 28.0 Å². The minimum absolute atomic E-state index is 0.0451. The molecule has 0 saturated heterocycles. The number of nitrogens with one attached hydrogen (secondary N) is 1. The summed E-state index contributed by atoms with van der Waals surface area (Å²) < 4.78 is 1.87. The van der Waals surface area contributed by atoms with Gasteiger partial charge in [-0.15, -0.1) is 21.5 Å². The lowest BCUT2D eigenvalue weighted by Gasteiger charge is -2.07. The quantitative estimate of drug-likeness (QED) is 0.512. The summed E-state index contributed by atoms with van der Waals surface area (Å²) in [7, 11) is 0. The van der Waals surface area contributed by atoms with Gasteiger partial charge in [0.2, 0.25) is 5.91 Å². The van der Waals surface area contributed by atoms with E-state index in [1.165, 1.54) is 39.8 Å². The third-order valence-electron chi connectivity index (χ3n) is 5.26. The lowest BCUT2D eigenvalue weighted by atomic mass is 10.1. The average Bonchev–Trinajstić information content (AvgIpc) is 3.37. The monoisotopic (exact) mass is 409 g/mol. The maximum absolute atomic E-state index is 12.4. The Hall–Kier alpha value is -2.45. The maximum atomic E-state index is 12.4. The first kappa shape index (κ1) is 17.6. The van der Waals surface area contributed by atoms with Crippen LogP contribution in [0.5, 0.6) is 0 Å². The molecule has 6 nitrogen and oxygen atoms in total. The highest BCUT2D eigenvalue weighted by Gasteiger charge is 2.16. The minimum atomic E-state index is -0.0451. The first-order chi connectivity index (χ1) is 13.6. The van der Waals surface area contributed by atoms with E-state index < -0.39 is 0 Å². The van der Waals surface area contributed by atoms with Crippen LogP contribution < -0.4 is 5.32 Å². The maximum Gasteiger partial charge on any atom is 0.234 e. The highest BCUT2D eigenvalue weighted by atomic mass is 32.2. The number of rotatable bonds is 4. The normalized spacial score (nSPS) is 13.4. The fraction of sp³-hybridized carbons (Fsp3) is 0.300. The average molecular weight is 410 g/mol. The number of carbonyl (C=O) groups is 1. The third-order valence-corrected chi connectivity index (χ3v) is 7.32. The Kier molecular flexibility index (Phi) is 4.32. The second-order valence-electron chi connectivity index (χ2n) is 7.06. The van der Waals surface area contributed by atoms with E-state index in [2.05, 4.69) is 46.5 Å². The number of hydrogen-bond acceptors (Lipinski definition) is 6. The number of aromatic nitrogens is 4. The number of amides is 1. The molecule has 4 aromatic rings. The van der Waals surface area contributed by atoms with Crippen LogP contribution in [0.15, 0.2) is 29.7 Å². The summed E-state index contributed by atoms with van der Waals surface area (Å²) in [5.74, 6) is 0.230. The van der Waals surface area contributed by atoms with Crippen molar-refractivity contribution in [1.82, 2.24) is 19.6 Å². The molecule has 0 saturated carbocycles. The van der Waals surface area contributed by atoms with Gasteiger partial charge in [-0.2, -0.15) is 0 Å². The Labute approximate surface area is 170 Å². The first-order valence-electron chi connectivity index (χ1n) is 9.24. The Morgan fingerprint density at radius 3 is 3.00 bits per heavy atom. The largest absolute Gasteiger partial charge is 0.325 e. The lowest BCUT2D eigenvalue weighted by Crippen LogP contribution is -2.14. The Morgan fingerprint density at radius 1 is 1.25 bits per heavy atom. The van der Waals surface area contributed by atoms with E-state index in [1.807, 2.05) is 10.5 Å². The van der Waals surface area contributed by atoms with Crippen molar-refractivity contribution in [3.05, 3.63) is 46.1 Å². The molecule has 3 heterocycles. The standard InChI is InChI=1S/C20H19N5OS2/c1-11-12(2)28-19-17(11)18-23-24-20(25(18)10-21-19)27-9-16(26)22-15-7-6-13-4-3-5-14(13)8-15/h6-8,10H,3-5,9H2,1-2H3,(H,22,26). The molecule has 142 valence electrons. The molecule has 0 unspecified atom stereocenters. The smallest absolute Gasteiger partial charge is 0.234 e. The van der Waals surface area contributed by atoms with E-state index in [-0.39, 0.29) is 11.7 Å². The molecule has 0 aliphatic heterocycles. The highest BCUT2D eigenvalue weighted by Crippen LogP contribution is 2.32. The molecular formula is C20H19N5OS2. The van der Waals surface area contributed by atoms with Crippen molar-refractivity contribution in [2.45, 2.75) is 38.3 Å². The number of anilines is 1. The van der Waals surface area contributed by atoms with E-state index in [9.17, 15) is 4.79 Å².